The Morgan fingerprint density at radius 1 is 0.938 bits per heavy atom. The zero-order valence-electron chi connectivity index (χ0n) is 18.7. The normalized spacial score (nSPS) is 11.8. The Hall–Kier alpha value is -3.60. The van der Waals surface area contributed by atoms with Crippen LogP contribution in [0.5, 0.6) is 11.5 Å². The standard InChI is InChI=1S/C27H30N2O3/c1-3-21(2)23-13-15-25(16-14-23)31-17-8-18-32-26-12-7-9-22(19-26)20-28-29-27(30)24-10-5-4-6-11-24/h4-7,9-16,19-21H,3,8,17-18H2,1-2H3,(H,29,30)/b28-20-/t21-/m0/s1. The van der Waals surface area contributed by atoms with Crippen LogP contribution < -0.4 is 14.9 Å². The lowest BCUT2D eigenvalue weighted by molar-refractivity contribution is 0.0955. The third kappa shape index (κ3) is 7.27. The first-order valence-corrected chi connectivity index (χ1v) is 11.0. The van der Waals surface area contributed by atoms with Gasteiger partial charge < -0.3 is 9.47 Å². The van der Waals surface area contributed by atoms with Crippen LogP contribution in [0.15, 0.2) is 84.0 Å². The van der Waals surface area contributed by atoms with Gasteiger partial charge in [0, 0.05) is 12.0 Å². The highest BCUT2D eigenvalue weighted by molar-refractivity contribution is 5.94. The number of hydrazone groups is 1. The van der Waals surface area contributed by atoms with Crippen LogP contribution in [0, 0.1) is 0 Å². The monoisotopic (exact) mass is 430 g/mol. The molecular formula is C27H30N2O3. The molecule has 0 unspecified atom stereocenters. The van der Waals surface area contributed by atoms with Crippen molar-refractivity contribution in [2.45, 2.75) is 32.6 Å². The molecule has 5 nitrogen and oxygen atoms in total. The highest BCUT2D eigenvalue weighted by atomic mass is 16.5. The number of hydrogen-bond donors (Lipinski definition) is 1. The highest BCUT2D eigenvalue weighted by Gasteiger charge is 2.03. The van der Waals surface area contributed by atoms with E-state index in [1.807, 2.05) is 54.6 Å². The van der Waals surface area contributed by atoms with E-state index in [1.54, 1.807) is 18.3 Å². The zero-order chi connectivity index (χ0) is 22.6. The van der Waals surface area contributed by atoms with Crippen molar-refractivity contribution >= 4 is 12.1 Å². The molecule has 0 bridgehead atoms. The SMILES string of the molecule is CC[C@H](C)c1ccc(OCCCOc2cccc(/C=N\NC(=O)c3ccccc3)c2)cc1. The van der Waals surface area contributed by atoms with Crippen molar-refractivity contribution in [3.05, 3.63) is 95.6 Å². The summed E-state index contributed by atoms with van der Waals surface area (Å²) in [6, 6.07) is 24.9. The number of rotatable bonds is 11. The summed E-state index contributed by atoms with van der Waals surface area (Å²) in [5.74, 6) is 1.95. The van der Waals surface area contributed by atoms with E-state index in [0.717, 1.165) is 29.9 Å². The Morgan fingerprint density at radius 2 is 1.66 bits per heavy atom. The van der Waals surface area contributed by atoms with Crippen LogP contribution >= 0.6 is 0 Å². The number of amides is 1. The maximum atomic E-state index is 12.0. The fraction of sp³-hybridized carbons (Fsp3) is 0.259. The van der Waals surface area contributed by atoms with Crippen molar-refractivity contribution in [1.82, 2.24) is 5.43 Å². The van der Waals surface area contributed by atoms with Crippen LogP contribution in [0.2, 0.25) is 0 Å². The van der Waals surface area contributed by atoms with E-state index < -0.39 is 0 Å². The van der Waals surface area contributed by atoms with Crippen LogP contribution in [-0.2, 0) is 0 Å². The van der Waals surface area contributed by atoms with Crippen molar-refractivity contribution in [2.24, 2.45) is 5.10 Å². The smallest absolute Gasteiger partial charge is 0.271 e. The van der Waals surface area contributed by atoms with Gasteiger partial charge in [0.25, 0.3) is 5.91 Å². The molecule has 0 aliphatic heterocycles. The molecule has 1 N–H and O–H groups in total. The number of nitrogens with one attached hydrogen (secondary N) is 1. The molecule has 32 heavy (non-hydrogen) atoms. The molecule has 0 aliphatic carbocycles. The van der Waals surface area contributed by atoms with Crippen LogP contribution in [0.3, 0.4) is 0 Å². The van der Waals surface area contributed by atoms with Gasteiger partial charge in [-0.2, -0.15) is 5.10 Å². The Kier molecular flexibility index (Phi) is 8.87. The lowest BCUT2D eigenvalue weighted by Gasteiger charge is -2.11. The molecule has 1 atom stereocenters. The van der Waals surface area contributed by atoms with E-state index in [2.05, 4.69) is 36.5 Å². The summed E-state index contributed by atoms with van der Waals surface area (Å²) in [4.78, 5) is 12.0. The molecule has 5 heteroatoms. The van der Waals surface area contributed by atoms with Gasteiger partial charge in [-0.15, -0.1) is 0 Å². The number of benzene rings is 3. The summed E-state index contributed by atoms with van der Waals surface area (Å²) in [5, 5.41) is 4.02. The first-order valence-electron chi connectivity index (χ1n) is 11.0. The van der Waals surface area contributed by atoms with E-state index in [1.165, 1.54) is 5.56 Å². The van der Waals surface area contributed by atoms with E-state index in [0.29, 0.717) is 24.7 Å². The minimum Gasteiger partial charge on any atom is -0.493 e. The van der Waals surface area contributed by atoms with Gasteiger partial charge in [0.2, 0.25) is 0 Å². The largest absolute Gasteiger partial charge is 0.493 e. The van der Waals surface area contributed by atoms with E-state index in [-0.39, 0.29) is 5.91 Å². The minimum atomic E-state index is -0.247. The number of carbonyl (C=O) groups is 1. The number of ether oxygens (including phenoxy) is 2. The molecule has 0 saturated heterocycles. The fourth-order valence-corrected chi connectivity index (χ4v) is 3.07. The van der Waals surface area contributed by atoms with E-state index in [4.69, 9.17) is 9.47 Å². The summed E-state index contributed by atoms with van der Waals surface area (Å²) in [6.45, 7) is 5.57. The molecule has 0 aromatic heterocycles. The highest BCUT2D eigenvalue weighted by Crippen LogP contribution is 2.21. The summed E-state index contributed by atoms with van der Waals surface area (Å²) in [5.41, 5.74) is 5.27. The summed E-state index contributed by atoms with van der Waals surface area (Å²) in [6.07, 6.45) is 3.51. The molecule has 0 aliphatic rings. The minimum absolute atomic E-state index is 0.247. The Morgan fingerprint density at radius 3 is 2.38 bits per heavy atom. The topological polar surface area (TPSA) is 59.9 Å². The molecule has 3 rings (SSSR count). The average molecular weight is 431 g/mol. The summed E-state index contributed by atoms with van der Waals surface area (Å²) < 4.78 is 11.6. The second-order valence-electron chi connectivity index (χ2n) is 7.57. The van der Waals surface area contributed by atoms with Gasteiger partial charge in [0.05, 0.1) is 19.4 Å². The van der Waals surface area contributed by atoms with Crippen LogP contribution in [0.4, 0.5) is 0 Å². The predicted octanol–water partition coefficient (Wildman–Crippen LogP) is 5.81. The molecule has 0 fully saturated rings. The van der Waals surface area contributed by atoms with Crippen molar-refractivity contribution in [1.29, 1.82) is 0 Å². The Labute approximate surface area is 190 Å². The summed E-state index contributed by atoms with van der Waals surface area (Å²) in [7, 11) is 0. The molecular weight excluding hydrogens is 400 g/mol. The second-order valence-corrected chi connectivity index (χ2v) is 7.57. The predicted molar refractivity (Wildman–Crippen MR) is 129 cm³/mol. The van der Waals surface area contributed by atoms with Gasteiger partial charge in [-0.1, -0.05) is 56.3 Å². The molecule has 0 spiro atoms. The number of carbonyl (C=O) groups excluding carboxylic acids is 1. The van der Waals surface area contributed by atoms with Crippen LogP contribution in [0.25, 0.3) is 0 Å². The first-order chi connectivity index (χ1) is 15.7. The summed E-state index contributed by atoms with van der Waals surface area (Å²) >= 11 is 0. The van der Waals surface area contributed by atoms with Crippen molar-refractivity contribution < 1.29 is 14.3 Å². The third-order valence-electron chi connectivity index (χ3n) is 5.16. The first kappa shape index (κ1) is 23.1. The van der Waals surface area contributed by atoms with Crippen molar-refractivity contribution in [3.63, 3.8) is 0 Å². The molecule has 166 valence electrons. The Bertz CT molecular complexity index is 1000. The van der Waals surface area contributed by atoms with Gasteiger partial charge in [-0.3, -0.25) is 4.79 Å². The third-order valence-corrected chi connectivity index (χ3v) is 5.16. The quantitative estimate of drug-likeness (QED) is 0.237. The maximum Gasteiger partial charge on any atom is 0.271 e. The molecule has 3 aromatic rings. The van der Waals surface area contributed by atoms with Crippen molar-refractivity contribution in [2.75, 3.05) is 13.2 Å². The molecule has 3 aromatic carbocycles. The second kappa shape index (κ2) is 12.3. The fourth-order valence-electron chi connectivity index (χ4n) is 3.07. The van der Waals surface area contributed by atoms with Gasteiger partial charge >= 0.3 is 0 Å². The van der Waals surface area contributed by atoms with Gasteiger partial charge in [0.1, 0.15) is 11.5 Å². The van der Waals surface area contributed by atoms with Gasteiger partial charge in [0.15, 0.2) is 0 Å². The van der Waals surface area contributed by atoms with E-state index >= 15 is 0 Å². The van der Waals surface area contributed by atoms with Crippen LogP contribution in [0.1, 0.15) is 54.1 Å². The maximum absolute atomic E-state index is 12.0. The van der Waals surface area contributed by atoms with Crippen LogP contribution in [-0.4, -0.2) is 25.3 Å². The zero-order valence-corrected chi connectivity index (χ0v) is 18.7. The lowest BCUT2D eigenvalue weighted by Crippen LogP contribution is -2.17. The van der Waals surface area contributed by atoms with Crippen molar-refractivity contribution in [3.8, 4) is 11.5 Å². The van der Waals surface area contributed by atoms with E-state index in [9.17, 15) is 4.79 Å². The number of nitrogens with zero attached hydrogens (tertiary/aromatic N) is 1. The lowest BCUT2D eigenvalue weighted by atomic mass is 9.99. The molecule has 1 amide bonds. The van der Waals surface area contributed by atoms with Gasteiger partial charge in [-0.05, 0) is 59.9 Å². The van der Waals surface area contributed by atoms with Gasteiger partial charge in [-0.25, -0.2) is 5.43 Å². The number of hydrogen-bond acceptors (Lipinski definition) is 4. The molecule has 0 heterocycles. The Balaban J connectivity index is 1.39. The average Bonchev–Trinajstić information content (AvgIpc) is 2.84. The molecule has 0 radical (unpaired) electrons. The molecule has 0 saturated carbocycles.